The Morgan fingerprint density at radius 1 is 0.735 bits per heavy atom. The number of thioether (sulfide) groups is 1. The fourth-order valence-corrected chi connectivity index (χ4v) is 6.14. The van der Waals surface area contributed by atoms with E-state index in [2.05, 4.69) is 24.9 Å². The van der Waals surface area contributed by atoms with Crippen LogP contribution in [-0.2, 0) is 4.79 Å². The Morgan fingerprint density at radius 3 is 1.71 bits per heavy atom. The molecule has 5 rings (SSSR count). The molecule has 0 aliphatic carbocycles. The summed E-state index contributed by atoms with van der Waals surface area (Å²) in [6.45, 7) is 6.75. The van der Waals surface area contributed by atoms with Crippen LogP contribution in [0.2, 0.25) is 0 Å². The third-order valence-corrected chi connectivity index (χ3v) is 8.40. The maximum absolute atomic E-state index is 12.7. The van der Waals surface area contributed by atoms with Gasteiger partial charge in [-0.1, -0.05) is 23.1 Å². The van der Waals surface area contributed by atoms with Gasteiger partial charge in [-0.15, -0.1) is 10.2 Å². The van der Waals surface area contributed by atoms with Gasteiger partial charge < -0.3 is 25.3 Å². The van der Waals surface area contributed by atoms with Crippen LogP contribution in [0.5, 0.6) is 0 Å². The highest BCUT2D eigenvalue weighted by molar-refractivity contribution is 8.01. The number of piperidine rings is 2. The van der Waals surface area contributed by atoms with Crippen molar-refractivity contribution >= 4 is 52.0 Å². The summed E-state index contributed by atoms with van der Waals surface area (Å²) in [7, 11) is 0. The van der Waals surface area contributed by atoms with Gasteiger partial charge in [-0.2, -0.15) is 15.0 Å². The van der Waals surface area contributed by atoms with Gasteiger partial charge in [0.25, 0.3) is 0 Å². The first-order valence-corrected chi connectivity index (χ1v) is 14.0. The van der Waals surface area contributed by atoms with Crippen LogP contribution in [0.25, 0.3) is 0 Å². The van der Waals surface area contributed by atoms with Crippen molar-refractivity contribution in [2.24, 2.45) is 0 Å². The summed E-state index contributed by atoms with van der Waals surface area (Å²) in [5, 5.41) is 8.20. The van der Waals surface area contributed by atoms with Gasteiger partial charge in [-0.3, -0.25) is 4.79 Å². The number of aromatic nitrogens is 5. The summed E-state index contributed by atoms with van der Waals surface area (Å²) in [6, 6.07) is 0. The predicted octanol–water partition coefficient (Wildman–Crippen LogP) is 1.73. The fraction of sp³-hybridized carbons (Fsp3) is 0.714. The van der Waals surface area contributed by atoms with Gasteiger partial charge in [0.15, 0.2) is 4.34 Å². The van der Waals surface area contributed by atoms with Crippen molar-refractivity contribution in [1.82, 2.24) is 30.0 Å². The number of nitrogens with two attached hydrogens (primary N) is 1. The lowest BCUT2D eigenvalue weighted by molar-refractivity contribution is -0.128. The number of nitrogens with zero attached hydrogens (tertiary/aromatic N) is 9. The first-order valence-electron chi connectivity index (χ1n) is 12.2. The minimum atomic E-state index is 0.108. The quantitative estimate of drug-likeness (QED) is 0.579. The number of anilines is 4. The molecular weight excluding hydrogens is 472 g/mol. The van der Waals surface area contributed by atoms with Gasteiger partial charge in [0.2, 0.25) is 28.9 Å². The largest absolute Gasteiger partial charge is 0.374 e. The smallest absolute Gasteiger partial charge is 0.233 e. The molecule has 0 unspecified atom stereocenters. The minimum Gasteiger partial charge on any atom is -0.374 e. The van der Waals surface area contributed by atoms with Crippen LogP contribution < -0.4 is 20.4 Å². The summed E-state index contributed by atoms with van der Waals surface area (Å²) in [5.41, 5.74) is 5.62. The second-order valence-electron chi connectivity index (χ2n) is 8.89. The van der Waals surface area contributed by atoms with Crippen molar-refractivity contribution in [1.29, 1.82) is 0 Å². The van der Waals surface area contributed by atoms with E-state index in [1.54, 1.807) is 0 Å². The van der Waals surface area contributed by atoms with E-state index in [4.69, 9.17) is 20.7 Å². The lowest BCUT2D eigenvalue weighted by Gasteiger charge is -2.36. The van der Waals surface area contributed by atoms with Crippen LogP contribution in [0, 0.1) is 0 Å². The number of hydrogen-bond acceptors (Lipinski definition) is 12. The third kappa shape index (κ3) is 5.62. The van der Waals surface area contributed by atoms with Gasteiger partial charge >= 0.3 is 0 Å². The Bertz CT molecular complexity index is 932. The van der Waals surface area contributed by atoms with Crippen molar-refractivity contribution in [3.8, 4) is 0 Å². The number of carbonyl (C=O) groups excluding carboxylic acids is 1. The average molecular weight is 505 g/mol. The standard InChI is InChI=1S/C21H32N10OS2/c22-17-26-27-21(34-17)33-15-16(32)28-11-13-31(14-12-28)20-24-18(29-7-3-1-4-8-29)23-19(25-20)30-9-5-2-6-10-30/h1-15H2,(H2,22,26). The molecule has 1 amide bonds. The van der Waals surface area contributed by atoms with E-state index in [9.17, 15) is 4.79 Å². The molecule has 2 aromatic rings. The molecule has 3 fully saturated rings. The average Bonchev–Trinajstić information content (AvgIpc) is 3.33. The van der Waals surface area contributed by atoms with Crippen LogP contribution >= 0.6 is 23.1 Å². The van der Waals surface area contributed by atoms with Crippen molar-refractivity contribution < 1.29 is 4.79 Å². The van der Waals surface area contributed by atoms with E-state index >= 15 is 0 Å². The SMILES string of the molecule is Nc1nnc(SCC(=O)N2CCN(c3nc(N4CCCCC4)nc(N4CCCCC4)n3)CC2)s1. The summed E-state index contributed by atoms with van der Waals surface area (Å²) < 4.78 is 0.727. The molecule has 0 atom stereocenters. The molecule has 0 bridgehead atoms. The predicted molar refractivity (Wildman–Crippen MR) is 136 cm³/mol. The number of piperazine rings is 1. The van der Waals surface area contributed by atoms with Crippen LogP contribution in [0.1, 0.15) is 38.5 Å². The molecule has 0 saturated carbocycles. The zero-order valence-electron chi connectivity index (χ0n) is 19.4. The monoisotopic (exact) mass is 504 g/mol. The highest BCUT2D eigenvalue weighted by Crippen LogP contribution is 2.26. The minimum absolute atomic E-state index is 0.108. The molecule has 34 heavy (non-hydrogen) atoms. The summed E-state index contributed by atoms with van der Waals surface area (Å²) in [6.07, 6.45) is 7.28. The highest BCUT2D eigenvalue weighted by Gasteiger charge is 2.26. The lowest BCUT2D eigenvalue weighted by atomic mass is 10.1. The number of rotatable bonds is 6. The highest BCUT2D eigenvalue weighted by atomic mass is 32.2. The molecule has 0 aromatic carbocycles. The second-order valence-corrected chi connectivity index (χ2v) is 11.1. The molecule has 2 N–H and O–H groups in total. The fourth-order valence-electron chi connectivity index (χ4n) is 4.60. The molecular formula is C21H32N10OS2. The first-order chi connectivity index (χ1) is 16.7. The molecule has 0 radical (unpaired) electrons. The Hall–Kier alpha value is -2.41. The number of hydrogen-bond donors (Lipinski definition) is 1. The zero-order valence-corrected chi connectivity index (χ0v) is 21.1. The molecule has 184 valence electrons. The van der Waals surface area contributed by atoms with Gasteiger partial charge in [0.1, 0.15) is 0 Å². The Morgan fingerprint density at radius 2 is 1.24 bits per heavy atom. The summed E-state index contributed by atoms with van der Waals surface area (Å²) >= 11 is 2.70. The normalized spacial score (nSPS) is 19.5. The van der Waals surface area contributed by atoms with Crippen LogP contribution in [0.4, 0.5) is 23.0 Å². The number of amides is 1. The maximum Gasteiger partial charge on any atom is 0.233 e. The van der Waals surface area contributed by atoms with Gasteiger partial charge in [-0.05, 0) is 38.5 Å². The molecule has 3 aliphatic rings. The second kappa shape index (κ2) is 10.9. The Labute approximate surface area is 208 Å². The molecule has 2 aromatic heterocycles. The summed E-state index contributed by atoms with van der Waals surface area (Å²) in [5.74, 6) is 2.80. The molecule has 5 heterocycles. The molecule has 0 spiro atoms. The summed E-state index contributed by atoms with van der Waals surface area (Å²) in [4.78, 5) is 36.1. The van der Waals surface area contributed by atoms with E-state index in [0.29, 0.717) is 37.1 Å². The van der Waals surface area contributed by atoms with Crippen molar-refractivity contribution in [3.05, 3.63) is 0 Å². The Kier molecular flexibility index (Phi) is 7.48. The van der Waals surface area contributed by atoms with Crippen LogP contribution in [0.15, 0.2) is 4.34 Å². The van der Waals surface area contributed by atoms with E-state index in [1.165, 1.54) is 61.6 Å². The molecule has 3 aliphatic heterocycles. The van der Waals surface area contributed by atoms with E-state index in [1.807, 2.05) is 4.90 Å². The third-order valence-electron chi connectivity index (χ3n) is 6.53. The molecule has 11 nitrogen and oxygen atoms in total. The maximum atomic E-state index is 12.7. The van der Waals surface area contributed by atoms with E-state index < -0.39 is 0 Å². The van der Waals surface area contributed by atoms with Crippen LogP contribution in [-0.4, -0.2) is 94.1 Å². The topological polar surface area (TPSA) is 120 Å². The van der Waals surface area contributed by atoms with Crippen molar-refractivity contribution in [2.45, 2.75) is 42.9 Å². The van der Waals surface area contributed by atoms with Gasteiger partial charge in [0, 0.05) is 52.4 Å². The van der Waals surface area contributed by atoms with E-state index in [-0.39, 0.29) is 5.91 Å². The molecule has 3 saturated heterocycles. The van der Waals surface area contributed by atoms with Gasteiger partial charge in [-0.25, -0.2) is 0 Å². The lowest BCUT2D eigenvalue weighted by Crippen LogP contribution is -2.50. The number of carbonyl (C=O) groups is 1. The molecule has 13 heteroatoms. The Balaban J connectivity index is 1.25. The van der Waals surface area contributed by atoms with E-state index in [0.717, 1.165) is 48.4 Å². The zero-order chi connectivity index (χ0) is 23.3. The van der Waals surface area contributed by atoms with Gasteiger partial charge in [0.05, 0.1) is 5.75 Å². The number of nitrogen functional groups attached to an aromatic ring is 1. The van der Waals surface area contributed by atoms with Crippen molar-refractivity contribution in [3.63, 3.8) is 0 Å². The first kappa shape index (κ1) is 23.3. The van der Waals surface area contributed by atoms with Crippen LogP contribution in [0.3, 0.4) is 0 Å². The van der Waals surface area contributed by atoms with Crippen molar-refractivity contribution in [2.75, 3.05) is 78.5 Å².